The zero-order valence-corrected chi connectivity index (χ0v) is 16.3. The summed E-state index contributed by atoms with van der Waals surface area (Å²) < 4.78 is 11.8. The molecule has 0 aliphatic carbocycles. The molecule has 0 radical (unpaired) electrons. The maximum absolute atomic E-state index is 12.9. The number of rotatable bonds is 5. The zero-order chi connectivity index (χ0) is 20.3. The van der Waals surface area contributed by atoms with Crippen LogP contribution in [0.25, 0.3) is 22.4 Å². The molecular formula is C22H21N3O3. The Labute approximate surface area is 163 Å². The largest absolute Gasteiger partial charge is 0.497 e. The first kappa shape index (κ1) is 19.2. The Balaban J connectivity index is 2.35. The molecule has 0 saturated carbocycles. The number of nitriles is 1. The summed E-state index contributed by atoms with van der Waals surface area (Å²) >= 11 is 0. The highest BCUT2D eigenvalue weighted by molar-refractivity contribution is 5.84. The summed E-state index contributed by atoms with van der Waals surface area (Å²) in [6.07, 6.45) is 0. The topological polar surface area (TPSA) is 77.1 Å². The molecule has 3 aromatic rings. The molecule has 1 aromatic heterocycles. The first-order valence-electron chi connectivity index (χ1n) is 8.86. The van der Waals surface area contributed by atoms with Gasteiger partial charge in [-0.05, 0) is 55.8 Å². The van der Waals surface area contributed by atoms with E-state index in [9.17, 15) is 10.1 Å². The molecular weight excluding hydrogens is 354 g/mol. The fourth-order valence-electron chi connectivity index (χ4n) is 2.99. The first-order valence-corrected chi connectivity index (χ1v) is 8.86. The number of aromatic nitrogens is 2. The van der Waals surface area contributed by atoms with Gasteiger partial charge in [-0.1, -0.05) is 12.1 Å². The van der Waals surface area contributed by atoms with E-state index in [0.29, 0.717) is 22.8 Å². The maximum atomic E-state index is 12.9. The predicted octanol–water partition coefficient (Wildman–Crippen LogP) is 4.05. The van der Waals surface area contributed by atoms with Crippen molar-refractivity contribution in [2.75, 3.05) is 14.2 Å². The highest BCUT2D eigenvalue weighted by atomic mass is 16.5. The molecule has 0 saturated heterocycles. The van der Waals surface area contributed by atoms with Crippen LogP contribution in [0.1, 0.15) is 25.5 Å². The fourth-order valence-corrected chi connectivity index (χ4v) is 2.99. The molecule has 0 atom stereocenters. The van der Waals surface area contributed by atoms with Gasteiger partial charge in [-0.2, -0.15) is 10.4 Å². The number of hydrogen-bond acceptors (Lipinski definition) is 5. The molecule has 0 aliphatic heterocycles. The van der Waals surface area contributed by atoms with Gasteiger partial charge in [0.05, 0.1) is 20.3 Å². The summed E-state index contributed by atoms with van der Waals surface area (Å²) in [4.78, 5) is 12.9. The minimum Gasteiger partial charge on any atom is -0.497 e. The van der Waals surface area contributed by atoms with E-state index in [1.807, 2.05) is 50.2 Å². The van der Waals surface area contributed by atoms with Gasteiger partial charge >= 0.3 is 0 Å². The van der Waals surface area contributed by atoms with Crippen molar-refractivity contribution in [3.05, 3.63) is 64.4 Å². The smallest absolute Gasteiger partial charge is 0.285 e. The van der Waals surface area contributed by atoms with Crippen molar-refractivity contribution in [3.8, 4) is 40.0 Å². The zero-order valence-electron chi connectivity index (χ0n) is 16.3. The molecule has 0 fully saturated rings. The Morgan fingerprint density at radius 1 is 0.929 bits per heavy atom. The van der Waals surface area contributed by atoms with E-state index in [2.05, 4.69) is 11.2 Å². The van der Waals surface area contributed by atoms with E-state index in [1.54, 1.807) is 26.4 Å². The van der Waals surface area contributed by atoms with Gasteiger partial charge in [0, 0.05) is 11.1 Å². The lowest BCUT2D eigenvalue weighted by Gasteiger charge is -2.17. The Bertz CT molecular complexity index is 1080. The van der Waals surface area contributed by atoms with Crippen LogP contribution in [0.15, 0.2) is 53.3 Å². The number of methoxy groups -OCH3 is 2. The summed E-state index contributed by atoms with van der Waals surface area (Å²) in [7, 11) is 3.19. The quantitative estimate of drug-likeness (QED) is 0.672. The molecule has 1 heterocycles. The van der Waals surface area contributed by atoms with Crippen LogP contribution >= 0.6 is 0 Å². The van der Waals surface area contributed by atoms with Crippen LogP contribution in [-0.4, -0.2) is 24.0 Å². The van der Waals surface area contributed by atoms with Crippen molar-refractivity contribution in [2.45, 2.75) is 19.9 Å². The van der Waals surface area contributed by atoms with Crippen molar-refractivity contribution in [2.24, 2.45) is 0 Å². The molecule has 0 N–H and O–H groups in total. The van der Waals surface area contributed by atoms with E-state index in [0.717, 1.165) is 11.1 Å². The lowest BCUT2D eigenvalue weighted by atomic mass is 9.96. The van der Waals surface area contributed by atoms with Crippen molar-refractivity contribution >= 4 is 0 Å². The Hall–Kier alpha value is -3.59. The summed E-state index contributed by atoms with van der Waals surface area (Å²) in [6.45, 7) is 3.72. The van der Waals surface area contributed by atoms with Gasteiger partial charge in [0.2, 0.25) is 0 Å². The predicted molar refractivity (Wildman–Crippen MR) is 108 cm³/mol. The van der Waals surface area contributed by atoms with Gasteiger partial charge in [-0.3, -0.25) is 4.79 Å². The van der Waals surface area contributed by atoms with Gasteiger partial charge < -0.3 is 9.47 Å². The highest BCUT2D eigenvalue weighted by Gasteiger charge is 2.21. The third kappa shape index (κ3) is 3.47. The third-order valence-corrected chi connectivity index (χ3v) is 4.46. The van der Waals surface area contributed by atoms with Crippen LogP contribution < -0.4 is 15.0 Å². The Kier molecular flexibility index (Phi) is 5.46. The molecule has 0 unspecified atom stereocenters. The molecule has 2 aromatic carbocycles. The minimum absolute atomic E-state index is 0.0692. The summed E-state index contributed by atoms with van der Waals surface area (Å²) in [5, 5.41) is 14.4. The van der Waals surface area contributed by atoms with Crippen LogP contribution in [0.5, 0.6) is 11.5 Å². The first-order chi connectivity index (χ1) is 13.5. The van der Waals surface area contributed by atoms with Crippen molar-refractivity contribution < 1.29 is 9.47 Å². The van der Waals surface area contributed by atoms with Crippen molar-refractivity contribution in [3.63, 3.8) is 0 Å². The maximum Gasteiger partial charge on any atom is 0.285 e. The van der Waals surface area contributed by atoms with Gasteiger partial charge in [0.15, 0.2) is 0 Å². The number of benzene rings is 2. The lowest BCUT2D eigenvalue weighted by molar-refractivity contribution is 0.414. The molecule has 0 aliphatic rings. The van der Waals surface area contributed by atoms with Crippen LogP contribution in [-0.2, 0) is 0 Å². The summed E-state index contributed by atoms with van der Waals surface area (Å²) in [6, 6.07) is 16.5. The van der Waals surface area contributed by atoms with Crippen LogP contribution in [0.4, 0.5) is 0 Å². The Morgan fingerprint density at radius 2 is 1.43 bits per heavy atom. The molecule has 3 rings (SSSR count). The summed E-state index contributed by atoms with van der Waals surface area (Å²) in [5.74, 6) is 1.41. The number of ether oxygens (including phenoxy) is 2. The number of nitrogens with zero attached hydrogens (tertiary/aromatic N) is 3. The molecule has 6 nitrogen and oxygen atoms in total. The second-order valence-corrected chi connectivity index (χ2v) is 6.51. The van der Waals surface area contributed by atoms with E-state index < -0.39 is 5.56 Å². The van der Waals surface area contributed by atoms with E-state index in [4.69, 9.17) is 9.47 Å². The average molecular weight is 375 g/mol. The SMILES string of the molecule is COc1ccc(-c2nn(C(C)C)c(=O)c(C#N)c2-c2ccc(OC)cc2)cc1. The van der Waals surface area contributed by atoms with Crippen LogP contribution in [0.2, 0.25) is 0 Å². The fraction of sp³-hybridized carbons (Fsp3) is 0.227. The molecule has 28 heavy (non-hydrogen) atoms. The van der Waals surface area contributed by atoms with Gasteiger partial charge in [0.1, 0.15) is 28.8 Å². The third-order valence-electron chi connectivity index (χ3n) is 4.46. The van der Waals surface area contributed by atoms with Gasteiger partial charge in [-0.15, -0.1) is 0 Å². The standard InChI is InChI=1S/C22H21N3O3/c1-14(2)25-22(26)19(13-23)20(15-5-9-17(27-3)10-6-15)21(24-25)16-7-11-18(28-4)12-8-16/h5-12,14H,1-4H3. The molecule has 6 heteroatoms. The average Bonchev–Trinajstić information content (AvgIpc) is 2.73. The molecule has 0 bridgehead atoms. The van der Waals surface area contributed by atoms with E-state index in [1.165, 1.54) is 4.68 Å². The van der Waals surface area contributed by atoms with Gasteiger partial charge in [0.25, 0.3) is 5.56 Å². The van der Waals surface area contributed by atoms with E-state index in [-0.39, 0.29) is 11.6 Å². The second-order valence-electron chi connectivity index (χ2n) is 6.51. The highest BCUT2D eigenvalue weighted by Crippen LogP contribution is 2.33. The molecule has 0 amide bonds. The summed E-state index contributed by atoms with van der Waals surface area (Å²) in [5.41, 5.74) is 2.26. The number of hydrogen-bond donors (Lipinski definition) is 0. The molecule has 142 valence electrons. The Morgan fingerprint density at radius 3 is 1.86 bits per heavy atom. The monoisotopic (exact) mass is 375 g/mol. The second kappa shape index (κ2) is 7.97. The van der Waals surface area contributed by atoms with Crippen molar-refractivity contribution in [1.29, 1.82) is 5.26 Å². The minimum atomic E-state index is -0.402. The van der Waals surface area contributed by atoms with E-state index >= 15 is 0 Å². The van der Waals surface area contributed by atoms with Crippen LogP contribution in [0, 0.1) is 11.3 Å². The van der Waals surface area contributed by atoms with Crippen molar-refractivity contribution in [1.82, 2.24) is 9.78 Å². The lowest BCUT2D eigenvalue weighted by Crippen LogP contribution is -2.28. The van der Waals surface area contributed by atoms with Crippen LogP contribution in [0.3, 0.4) is 0 Å². The van der Waals surface area contributed by atoms with Gasteiger partial charge in [-0.25, -0.2) is 4.68 Å². The molecule has 0 spiro atoms. The normalized spacial score (nSPS) is 10.6.